The summed E-state index contributed by atoms with van der Waals surface area (Å²) < 4.78 is 3.16. The van der Waals surface area contributed by atoms with Gasteiger partial charge in [0.1, 0.15) is 5.69 Å². The fourth-order valence-electron chi connectivity index (χ4n) is 2.87. The number of carbonyl (C=O) groups excluding carboxylic acids is 1. The summed E-state index contributed by atoms with van der Waals surface area (Å²) in [5, 5.41) is 24.1. The number of amides is 1. The van der Waals surface area contributed by atoms with Gasteiger partial charge in [0.25, 0.3) is 5.91 Å². The zero-order chi connectivity index (χ0) is 21.1. The van der Waals surface area contributed by atoms with E-state index in [-0.39, 0.29) is 11.5 Å². The van der Waals surface area contributed by atoms with Crippen molar-refractivity contribution >= 4 is 11.9 Å². The number of hydrogen-bond donors (Lipinski definition) is 2. The van der Waals surface area contributed by atoms with Crippen molar-refractivity contribution in [3.05, 3.63) is 77.9 Å². The SMILES string of the molecule is Cn1cc(C(=O)NCc2ccccc2-n2cc(-c3ccc(C(=O)O)cn3)nn2)cn1. The second-order valence-corrected chi connectivity index (χ2v) is 6.50. The first-order valence-corrected chi connectivity index (χ1v) is 8.98. The van der Waals surface area contributed by atoms with Gasteiger partial charge >= 0.3 is 5.97 Å². The summed E-state index contributed by atoms with van der Waals surface area (Å²) in [5.74, 6) is -1.26. The number of carboxylic acid groups (broad SMARTS) is 1. The Kier molecular flexibility index (Phi) is 5.04. The average molecular weight is 403 g/mol. The lowest BCUT2D eigenvalue weighted by Crippen LogP contribution is -2.23. The highest BCUT2D eigenvalue weighted by atomic mass is 16.4. The van der Waals surface area contributed by atoms with Gasteiger partial charge in [0.2, 0.25) is 0 Å². The first-order valence-electron chi connectivity index (χ1n) is 8.98. The lowest BCUT2D eigenvalue weighted by atomic mass is 10.1. The standard InChI is InChI=1S/C20H17N7O3/c1-26-11-15(10-23-26)19(28)22-8-13-4-2-3-5-18(13)27-12-17(24-25-27)16-7-6-14(9-21-16)20(29)30/h2-7,9-12H,8H2,1H3,(H,22,28)(H,29,30). The Labute approximate surface area is 170 Å². The smallest absolute Gasteiger partial charge is 0.337 e. The maximum atomic E-state index is 12.3. The van der Waals surface area contributed by atoms with Crippen LogP contribution in [0.15, 0.2) is 61.2 Å². The number of nitrogens with one attached hydrogen (secondary N) is 1. The third-order valence-corrected chi connectivity index (χ3v) is 4.41. The molecule has 0 fully saturated rings. The molecule has 3 heterocycles. The van der Waals surface area contributed by atoms with Crippen LogP contribution in [0.2, 0.25) is 0 Å². The van der Waals surface area contributed by atoms with Crippen LogP contribution in [0.4, 0.5) is 0 Å². The Morgan fingerprint density at radius 1 is 1.03 bits per heavy atom. The van der Waals surface area contributed by atoms with Crippen LogP contribution < -0.4 is 5.32 Å². The molecule has 4 aromatic rings. The quantitative estimate of drug-likeness (QED) is 0.501. The molecule has 0 radical (unpaired) electrons. The van der Waals surface area contributed by atoms with E-state index in [0.717, 1.165) is 11.3 Å². The summed E-state index contributed by atoms with van der Waals surface area (Å²) in [4.78, 5) is 27.4. The highest BCUT2D eigenvalue weighted by Gasteiger charge is 2.13. The molecular formula is C20H17N7O3. The molecule has 3 aromatic heterocycles. The van der Waals surface area contributed by atoms with Crippen LogP contribution in [0.1, 0.15) is 26.3 Å². The second kappa shape index (κ2) is 7.95. The normalized spacial score (nSPS) is 10.7. The molecule has 0 aliphatic rings. The molecule has 1 aromatic carbocycles. The van der Waals surface area contributed by atoms with Gasteiger partial charge < -0.3 is 10.4 Å². The molecule has 0 spiro atoms. The Balaban J connectivity index is 1.54. The number of rotatable bonds is 6. The molecule has 0 unspecified atom stereocenters. The van der Waals surface area contributed by atoms with E-state index in [9.17, 15) is 9.59 Å². The maximum absolute atomic E-state index is 12.3. The van der Waals surface area contributed by atoms with E-state index < -0.39 is 5.97 Å². The molecule has 0 aliphatic heterocycles. The molecule has 1 amide bonds. The van der Waals surface area contributed by atoms with Crippen LogP contribution >= 0.6 is 0 Å². The van der Waals surface area contributed by atoms with Crippen LogP contribution in [0.25, 0.3) is 17.1 Å². The van der Waals surface area contributed by atoms with Gasteiger partial charge in [0, 0.05) is 26.0 Å². The Morgan fingerprint density at radius 2 is 1.87 bits per heavy atom. The number of hydrogen-bond acceptors (Lipinski definition) is 6. The van der Waals surface area contributed by atoms with Gasteiger partial charge in [-0.15, -0.1) is 5.10 Å². The third-order valence-electron chi connectivity index (χ3n) is 4.41. The first-order chi connectivity index (χ1) is 14.5. The first kappa shape index (κ1) is 19.0. The van der Waals surface area contributed by atoms with Crippen molar-refractivity contribution < 1.29 is 14.7 Å². The van der Waals surface area contributed by atoms with Crippen LogP contribution in [0, 0.1) is 0 Å². The summed E-state index contributed by atoms with van der Waals surface area (Å²) >= 11 is 0. The molecular weight excluding hydrogens is 386 g/mol. The predicted molar refractivity (Wildman–Crippen MR) is 106 cm³/mol. The van der Waals surface area contributed by atoms with E-state index in [1.54, 1.807) is 34.9 Å². The molecule has 0 atom stereocenters. The Bertz CT molecular complexity index is 1210. The molecule has 10 heteroatoms. The fraction of sp³-hybridized carbons (Fsp3) is 0.100. The molecule has 4 rings (SSSR count). The number of carbonyl (C=O) groups is 2. The molecule has 0 aliphatic carbocycles. The van der Waals surface area contributed by atoms with Gasteiger partial charge in [-0.3, -0.25) is 14.5 Å². The average Bonchev–Trinajstić information content (AvgIpc) is 3.42. The largest absolute Gasteiger partial charge is 0.478 e. The van der Waals surface area contributed by atoms with E-state index in [0.29, 0.717) is 23.5 Å². The van der Waals surface area contributed by atoms with E-state index >= 15 is 0 Å². The molecule has 0 saturated carbocycles. The van der Waals surface area contributed by atoms with Crippen molar-refractivity contribution in [2.45, 2.75) is 6.54 Å². The van der Waals surface area contributed by atoms with Gasteiger partial charge in [-0.1, -0.05) is 23.4 Å². The molecule has 0 saturated heterocycles. The molecule has 2 N–H and O–H groups in total. The summed E-state index contributed by atoms with van der Waals surface area (Å²) in [6.07, 6.45) is 6.13. The van der Waals surface area contributed by atoms with Crippen molar-refractivity contribution in [1.29, 1.82) is 0 Å². The Hall–Kier alpha value is -4.34. The summed E-state index contributed by atoms with van der Waals surface area (Å²) in [6.45, 7) is 0.296. The van der Waals surface area contributed by atoms with E-state index in [1.807, 2.05) is 24.3 Å². The van der Waals surface area contributed by atoms with Crippen molar-refractivity contribution in [3.63, 3.8) is 0 Å². The highest BCUT2D eigenvalue weighted by Crippen LogP contribution is 2.18. The molecule has 150 valence electrons. The Morgan fingerprint density at radius 3 is 2.57 bits per heavy atom. The number of benzene rings is 1. The predicted octanol–water partition coefficient (Wildman–Crippen LogP) is 1.69. The van der Waals surface area contributed by atoms with Crippen molar-refractivity contribution in [2.24, 2.45) is 7.05 Å². The number of aromatic nitrogens is 6. The number of aromatic carboxylic acids is 1. The highest BCUT2D eigenvalue weighted by molar-refractivity contribution is 5.93. The van der Waals surface area contributed by atoms with Gasteiger partial charge in [-0.25, -0.2) is 9.48 Å². The number of para-hydroxylation sites is 1. The molecule has 30 heavy (non-hydrogen) atoms. The minimum Gasteiger partial charge on any atom is -0.478 e. The van der Waals surface area contributed by atoms with Crippen molar-refractivity contribution in [3.8, 4) is 17.1 Å². The zero-order valence-corrected chi connectivity index (χ0v) is 15.9. The number of aryl methyl sites for hydroxylation is 1. The molecule has 10 nitrogen and oxygen atoms in total. The summed E-state index contributed by atoms with van der Waals surface area (Å²) in [7, 11) is 1.75. The van der Waals surface area contributed by atoms with Gasteiger partial charge in [0.15, 0.2) is 0 Å². The maximum Gasteiger partial charge on any atom is 0.337 e. The van der Waals surface area contributed by atoms with Crippen LogP contribution in [-0.2, 0) is 13.6 Å². The van der Waals surface area contributed by atoms with E-state index in [2.05, 4.69) is 25.7 Å². The lowest BCUT2D eigenvalue weighted by molar-refractivity contribution is 0.0696. The van der Waals surface area contributed by atoms with Gasteiger partial charge in [-0.05, 0) is 23.8 Å². The summed E-state index contributed by atoms with van der Waals surface area (Å²) in [6, 6.07) is 10.5. The van der Waals surface area contributed by atoms with Crippen LogP contribution in [0.5, 0.6) is 0 Å². The minimum absolute atomic E-state index is 0.0980. The number of pyridine rings is 1. The van der Waals surface area contributed by atoms with Crippen molar-refractivity contribution in [1.82, 2.24) is 35.1 Å². The van der Waals surface area contributed by atoms with Gasteiger partial charge in [0.05, 0.1) is 34.9 Å². The van der Waals surface area contributed by atoms with Crippen molar-refractivity contribution in [2.75, 3.05) is 0 Å². The van der Waals surface area contributed by atoms with E-state index in [4.69, 9.17) is 5.11 Å². The topological polar surface area (TPSA) is 128 Å². The lowest BCUT2D eigenvalue weighted by Gasteiger charge is -2.09. The third kappa shape index (κ3) is 3.92. The number of carboxylic acids is 1. The fourth-order valence-corrected chi connectivity index (χ4v) is 2.87. The molecule has 0 bridgehead atoms. The van der Waals surface area contributed by atoms with Crippen LogP contribution in [-0.4, -0.2) is 46.7 Å². The van der Waals surface area contributed by atoms with Crippen LogP contribution in [0.3, 0.4) is 0 Å². The van der Waals surface area contributed by atoms with Gasteiger partial charge in [-0.2, -0.15) is 5.10 Å². The number of nitrogens with zero attached hydrogens (tertiary/aromatic N) is 6. The minimum atomic E-state index is -1.04. The second-order valence-electron chi connectivity index (χ2n) is 6.50. The zero-order valence-electron chi connectivity index (χ0n) is 15.9. The van der Waals surface area contributed by atoms with E-state index in [1.165, 1.54) is 18.5 Å². The monoisotopic (exact) mass is 403 g/mol. The summed E-state index contributed by atoms with van der Waals surface area (Å²) in [5.41, 5.74) is 3.19.